The number of nitrogens with zero attached hydrogens (tertiary/aromatic N) is 4. The van der Waals surface area contributed by atoms with Gasteiger partial charge in [0.1, 0.15) is 5.52 Å². The molecule has 1 N–H and O–H groups in total. The van der Waals surface area contributed by atoms with Gasteiger partial charge < -0.3 is 10.1 Å². The van der Waals surface area contributed by atoms with Crippen LogP contribution < -0.4 is 10.9 Å². The Kier molecular flexibility index (Phi) is 3.92. The number of rotatable bonds is 4. The lowest BCUT2D eigenvalue weighted by atomic mass is 10.4. The van der Waals surface area contributed by atoms with Gasteiger partial charge in [-0.05, 0) is 13.8 Å². The first-order chi connectivity index (χ1) is 9.62. The van der Waals surface area contributed by atoms with E-state index >= 15 is 0 Å². The number of methoxy groups -OCH3 is 1. The van der Waals surface area contributed by atoms with Gasteiger partial charge in [-0.1, -0.05) is 0 Å². The highest BCUT2D eigenvalue weighted by Gasteiger charge is 2.18. The van der Waals surface area contributed by atoms with Crippen LogP contribution in [0.4, 0.5) is 5.95 Å². The SMILES string of the molecule is CCNc1ncc2nc(C(=O)OC)c(=O)n(CC)c2n1. The lowest BCUT2D eigenvalue weighted by Gasteiger charge is -2.09. The average Bonchev–Trinajstić information content (AvgIpc) is 2.46. The molecule has 0 aliphatic rings. The summed E-state index contributed by atoms with van der Waals surface area (Å²) in [5.41, 5.74) is -0.0285. The fraction of sp³-hybridized carbons (Fsp3) is 0.417. The van der Waals surface area contributed by atoms with Crippen molar-refractivity contribution in [2.24, 2.45) is 0 Å². The number of ether oxygens (including phenoxy) is 1. The van der Waals surface area contributed by atoms with Crippen LogP contribution in [-0.2, 0) is 11.3 Å². The second-order valence-electron chi connectivity index (χ2n) is 3.93. The summed E-state index contributed by atoms with van der Waals surface area (Å²) >= 11 is 0. The first-order valence-electron chi connectivity index (χ1n) is 6.22. The Bertz CT molecular complexity index is 710. The molecule has 0 atom stereocenters. The van der Waals surface area contributed by atoms with Gasteiger partial charge in [0.25, 0.3) is 5.56 Å². The smallest absolute Gasteiger partial charge is 0.362 e. The van der Waals surface area contributed by atoms with Gasteiger partial charge in [-0.2, -0.15) is 4.98 Å². The third kappa shape index (κ3) is 2.31. The average molecular weight is 277 g/mol. The summed E-state index contributed by atoms with van der Waals surface area (Å²) in [6.45, 7) is 4.73. The molecule has 0 saturated heterocycles. The van der Waals surface area contributed by atoms with Crippen LogP contribution in [0.3, 0.4) is 0 Å². The maximum Gasteiger partial charge on any atom is 0.362 e. The van der Waals surface area contributed by atoms with Crippen LogP contribution in [0.5, 0.6) is 0 Å². The molecule has 0 aliphatic heterocycles. The van der Waals surface area contributed by atoms with Crippen LogP contribution in [0.25, 0.3) is 11.2 Å². The van der Waals surface area contributed by atoms with Crippen molar-refractivity contribution in [3.05, 3.63) is 22.2 Å². The molecule has 106 valence electrons. The number of anilines is 1. The van der Waals surface area contributed by atoms with Crippen LogP contribution in [0, 0.1) is 0 Å². The molecule has 2 rings (SSSR count). The van der Waals surface area contributed by atoms with E-state index in [1.165, 1.54) is 17.9 Å². The molecule has 2 aromatic rings. The molecule has 2 aromatic heterocycles. The number of hydrogen-bond acceptors (Lipinski definition) is 7. The summed E-state index contributed by atoms with van der Waals surface area (Å²) in [6.07, 6.45) is 1.47. The molecule has 0 unspecified atom stereocenters. The molecule has 0 radical (unpaired) electrons. The van der Waals surface area contributed by atoms with Crippen molar-refractivity contribution in [3.63, 3.8) is 0 Å². The molecular weight excluding hydrogens is 262 g/mol. The molecule has 8 heteroatoms. The van der Waals surface area contributed by atoms with Gasteiger partial charge in [0.2, 0.25) is 11.6 Å². The molecular formula is C12H15N5O3. The van der Waals surface area contributed by atoms with E-state index in [9.17, 15) is 9.59 Å². The summed E-state index contributed by atoms with van der Waals surface area (Å²) in [7, 11) is 1.20. The molecule has 0 aromatic carbocycles. The maximum atomic E-state index is 12.2. The van der Waals surface area contributed by atoms with Crippen LogP contribution in [-0.4, -0.2) is 39.1 Å². The van der Waals surface area contributed by atoms with E-state index < -0.39 is 11.5 Å². The molecule has 0 amide bonds. The van der Waals surface area contributed by atoms with E-state index in [0.29, 0.717) is 30.2 Å². The van der Waals surface area contributed by atoms with Crippen LogP contribution in [0.1, 0.15) is 24.3 Å². The highest BCUT2D eigenvalue weighted by molar-refractivity contribution is 5.88. The van der Waals surface area contributed by atoms with E-state index in [1.807, 2.05) is 6.92 Å². The largest absolute Gasteiger partial charge is 0.464 e. The second kappa shape index (κ2) is 5.64. The number of esters is 1. The predicted octanol–water partition coefficient (Wildman–Crippen LogP) is 0.425. The summed E-state index contributed by atoms with van der Waals surface area (Å²) in [5, 5.41) is 2.96. The zero-order valence-electron chi connectivity index (χ0n) is 11.5. The number of aryl methyl sites for hydroxylation is 1. The van der Waals surface area contributed by atoms with Crippen LogP contribution in [0.15, 0.2) is 11.0 Å². The molecule has 0 spiro atoms. The van der Waals surface area contributed by atoms with Crippen molar-refractivity contribution < 1.29 is 9.53 Å². The third-order valence-electron chi connectivity index (χ3n) is 2.72. The highest BCUT2D eigenvalue weighted by atomic mass is 16.5. The van der Waals surface area contributed by atoms with Gasteiger partial charge in [0.05, 0.1) is 13.3 Å². The van der Waals surface area contributed by atoms with E-state index in [4.69, 9.17) is 0 Å². The van der Waals surface area contributed by atoms with E-state index in [1.54, 1.807) is 6.92 Å². The molecule has 0 aliphatic carbocycles. The number of carbonyl (C=O) groups excluding carboxylic acids is 1. The Hall–Kier alpha value is -2.51. The van der Waals surface area contributed by atoms with E-state index in [-0.39, 0.29) is 5.69 Å². The Morgan fingerprint density at radius 2 is 2.15 bits per heavy atom. The first-order valence-corrected chi connectivity index (χ1v) is 6.22. The van der Waals surface area contributed by atoms with Crippen molar-refractivity contribution >= 4 is 23.1 Å². The van der Waals surface area contributed by atoms with Gasteiger partial charge in [-0.15, -0.1) is 0 Å². The fourth-order valence-electron chi connectivity index (χ4n) is 1.80. The summed E-state index contributed by atoms with van der Waals surface area (Å²) < 4.78 is 5.93. The van der Waals surface area contributed by atoms with Crippen molar-refractivity contribution in [3.8, 4) is 0 Å². The zero-order valence-corrected chi connectivity index (χ0v) is 11.5. The van der Waals surface area contributed by atoms with Crippen LogP contribution >= 0.6 is 0 Å². The monoisotopic (exact) mass is 277 g/mol. The number of nitrogens with one attached hydrogen (secondary N) is 1. The van der Waals surface area contributed by atoms with Crippen molar-refractivity contribution in [1.29, 1.82) is 0 Å². The van der Waals surface area contributed by atoms with E-state index in [2.05, 4.69) is 25.0 Å². The Morgan fingerprint density at radius 3 is 2.75 bits per heavy atom. The standard InChI is InChI=1S/C12H15N5O3/c1-4-13-12-14-6-7-9(16-12)17(5-2)10(18)8(15-7)11(19)20-3/h6H,4-5H2,1-3H3,(H,13,14,16). The summed E-state index contributed by atoms with van der Waals surface area (Å²) in [5.74, 6) is -0.357. The number of aromatic nitrogens is 4. The van der Waals surface area contributed by atoms with E-state index in [0.717, 1.165) is 0 Å². The quantitative estimate of drug-likeness (QED) is 0.809. The second-order valence-corrected chi connectivity index (χ2v) is 3.93. The lowest BCUT2D eigenvalue weighted by molar-refractivity contribution is 0.0591. The van der Waals surface area contributed by atoms with Gasteiger partial charge in [0.15, 0.2) is 5.65 Å². The predicted molar refractivity (Wildman–Crippen MR) is 72.8 cm³/mol. The highest BCUT2D eigenvalue weighted by Crippen LogP contribution is 2.10. The molecule has 8 nitrogen and oxygen atoms in total. The fourth-order valence-corrected chi connectivity index (χ4v) is 1.80. The Balaban J connectivity index is 2.74. The molecule has 0 saturated carbocycles. The third-order valence-corrected chi connectivity index (χ3v) is 2.72. The summed E-state index contributed by atoms with van der Waals surface area (Å²) in [4.78, 5) is 36.1. The summed E-state index contributed by atoms with van der Waals surface area (Å²) in [6, 6.07) is 0. The minimum Gasteiger partial charge on any atom is -0.464 e. The topological polar surface area (TPSA) is 99.0 Å². The normalized spacial score (nSPS) is 10.6. The Morgan fingerprint density at radius 1 is 1.40 bits per heavy atom. The van der Waals surface area contributed by atoms with Crippen molar-refractivity contribution in [2.45, 2.75) is 20.4 Å². The molecule has 0 bridgehead atoms. The minimum absolute atomic E-state index is 0.262. The van der Waals surface area contributed by atoms with Gasteiger partial charge in [-0.25, -0.2) is 14.8 Å². The molecule has 2 heterocycles. The van der Waals surface area contributed by atoms with Crippen molar-refractivity contribution in [1.82, 2.24) is 19.5 Å². The minimum atomic E-state index is -0.769. The van der Waals surface area contributed by atoms with Crippen molar-refractivity contribution in [2.75, 3.05) is 19.0 Å². The maximum absolute atomic E-state index is 12.2. The zero-order chi connectivity index (χ0) is 14.7. The lowest BCUT2D eigenvalue weighted by Crippen LogP contribution is -2.29. The van der Waals surface area contributed by atoms with Gasteiger partial charge >= 0.3 is 5.97 Å². The van der Waals surface area contributed by atoms with Gasteiger partial charge in [-0.3, -0.25) is 9.36 Å². The molecule has 20 heavy (non-hydrogen) atoms. The number of fused-ring (bicyclic) bond motifs is 1. The first kappa shape index (κ1) is 13.9. The molecule has 0 fully saturated rings. The Labute approximate surface area is 114 Å². The van der Waals surface area contributed by atoms with Crippen LogP contribution in [0.2, 0.25) is 0 Å². The van der Waals surface area contributed by atoms with Gasteiger partial charge in [0, 0.05) is 13.1 Å². The number of hydrogen-bond donors (Lipinski definition) is 1. The number of carbonyl (C=O) groups is 1.